The predicted octanol–water partition coefficient (Wildman–Crippen LogP) is 0.205. The second-order valence-electron chi connectivity index (χ2n) is 1.93. The van der Waals surface area contributed by atoms with Crippen LogP contribution in [0.25, 0.3) is 0 Å². The molecule has 0 rings (SSSR count). The van der Waals surface area contributed by atoms with Gasteiger partial charge in [-0.05, 0) is 0 Å². The average molecular weight is 161 g/mol. The Morgan fingerprint density at radius 1 is 1.45 bits per heavy atom. The highest BCUT2D eigenvalue weighted by molar-refractivity contribution is 5.68. The molecule has 0 saturated carbocycles. The van der Waals surface area contributed by atoms with Crippen molar-refractivity contribution in [2.75, 3.05) is 20.9 Å². The molecular formula is C6H11NO4. The molecule has 0 radical (unpaired) electrons. The van der Waals surface area contributed by atoms with Gasteiger partial charge in [0.1, 0.15) is 0 Å². The first-order chi connectivity index (χ1) is 5.07. The van der Waals surface area contributed by atoms with Crippen LogP contribution in [0.4, 0.5) is 4.79 Å². The van der Waals surface area contributed by atoms with Gasteiger partial charge in [-0.1, -0.05) is 0 Å². The normalized spacial score (nSPS) is 8.64. The summed E-state index contributed by atoms with van der Waals surface area (Å²) >= 11 is 0. The number of nitrogens with zero attached hydrogens (tertiary/aromatic N) is 1. The van der Waals surface area contributed by atoms with Crippen molar-refractivity contribution in [3.8, 4) is 0 Å². The van der Waals surface area contributed by atoms with E-state index in [-0.39, 0.29) is 6.73 Å². The number of carbonyl (C=O) groups is 2. The molecule has 5 nitrogen and oxygen atoms in total. The lowest BCUT2D eigenvalue weighted by atomic mass is 10.8. The molecule has 11 heavy (non-hydrogen) atoms. The molecule has 0 aliphatic rings. The van der Waals surface area contributed by atoms with Crippen LogP contribution in [0, 0.1) is 0 Å². The highest BCUT2D eigenvalue weighted by Gasteiger charge is 2.07. The summed E-state index contributed by atoms with van der Waals surface area (Å²) in [6.07, 6.45) is -0.536. The van der Waals surface area contributed by atoms with Gasteiger partial charge in [0.25, 0.3) is 0 Å². The first-order valence-corrected chi connectivity index (χ1v) is 3.00. The van der Waals surface area contributed by atoms with Crippen LogP contribution >= 0.6 is 0 Å². The van der Waals surface area contributed by atoms with Crippen LogP contribution in [0.1, 0.15) is 6.92 Å². The van der Waals surface area contributed by atoms with E-state index >= 15 is 0 Å². The number of amides is 1. The zero-order chi connectivity index (χ0) is 8.85. The van der Waals surface area contributed by atoms with Crippen molar-refractivity contribution < 1.29 is 19.1 Å². The quantitative estimate of drug-likeness (QED) is 0.429. The third-order valence-corrected chi connectivity index (χ3v) is 0.948. The van der Waals surface area contributed by atoms with E-state index in [0.717, 1.165) is 4.90 Å². The molecular weight excluding hydrogens is 150 g/mol. The van der Waals surface area contributed by atoms with Crippen LogP contribution in [0.2, 0.25) is 0 Å². The van der Waals surface area contributed by atoms with Gasteiger partial charge < -0.3 is 9.47 Å². The maximum atomic E-state index is 10.6. The van der Waals surface area contributed by atoms with Gasteiger partial charge in [-0.25, -0.2) is 4.79 Å². The lowest BCUT2D eigenvalue weighted by Crippen LogP contribution is -2.29. The van der Waals surface area contributed by atoms with E-state index in [2.05, 4.69) is 9.47 Å². The Bertz CT molecular complexity index is 157. The molecule has 0 heterocycles. The fraction of sp³-hybridized carbons (Fsp3) is 0.667. The largest absolute Gasteiger partial charge is 0.453 e. The average Bonchev–Trinajstić information content (AvgIpc) is 1.98. The van der Waals surface area contributed by atoms with E-state index in [1.165, 1.54) is 21.1 Å². The van der Waals surface area contributed by atoms with Gasteiger partial charge in [0.05, 0.1) is 7.11 Å². The van der Waals surface area contributed by atoms with Gasteiger partial charge >= 0.3 is 12.1 Å². The summed E-state index contributed by atoms with van der Waals surface area (Å²) in [6, 6.07) is 0. The Hall–Kier alpha value is -1.26. The van der Waals surface area contributed by atoms with E-state index in [0.29, 0.717) is 0 Å². The minimum atomic E-state index is -0.536. The number of methoxy groups -OCH3 is 1. The van der Waals surface area contributed by atoms with Gasteiger partial charge in [-0.2, -0.15) is 0 Å². The third kappa shape index (κ3) is 4.19. The van der Waals surface area contributed by atoms with Crippen molar-refractivity contribution in [2.45, 2.75) is 6.92 Å². The van der Waals surface area contributed by atoms with E-state index in [1.807, 2.05) is 0 Å². The topological polar surface area (TPSA) is 55.8 Å². The molecule has 0 aromatic carbocycles. The molecule has 0 spiro atoms. The molecule has 0 aliphatic carbocycles. The smallest absolute Gasteiger partial charge is 0.411 e. The fourth-order valence-corrected chi connectivity index (χ4v) is 0.396. The summed E-state index contributed by atoms with van der Waals surface area (Å²) < 4.78 is 8.85. The maximum Gasteiger partial charge on any atom is 0.411 e. The molecule has 0 bridgehead atoms. The van der Waals surface area contributed by atoms with Gasteiger partial charge in [-0.15, -0.1) is 0 Å². The van der Waals surface area contributed by atoms with Crippen LogP contribution in [0.3, 0.4) is 0 Å². The number of hydrogen-bond donors (Lipinski definition) is 0. The van der Waals surface area contributed by atoms with E-state index in [9.17, 15) is 9.59 Å². The molecule has 0 fully saturated rings. The molecule has 0 atom stereocenters. The van der Waals surface area contributed by atoms with Crippen LogP contribution in [0.5, 0.6) is 0 Å². The van der Waals surface area contributed by atoms with Crippen molar-refractivity contribution in [2.24, 2.45) is 0 Å². The van der Waals surface area contributed by atoms with Crippen molar-refractivity contribution >= 4 is 12.1 Å². The number of carbonyl (C=O) groups excluding carboxylic acids is 2. The molecule has 64 valence electrons. The van der Waals surface area contributed by atoms with Gasteiger partial charge in [0.15, 0.2) is 6.73 Å². The zero-order valence-corrected chi connectivity index (χ0v) is 6.79. The number of ether oxygens (including phenoxy) is 2. The number of esters is 1. The summed E-state index contributed by atoms with van der Waals surface area (Å²) in [5.74, 6) is -0.430. The fourth-order valence-electron chi connectivity index (χ4n) is 0.396. The van der Waals surface area contributed by atoms with Gasteiger partial charge in [-0.3, -0.25) is 9.69 Å². The molecule has 0 aromatic heterocycles. The molecule has 0 aliphatic heterocycles. The second kappa shape index (κ2) is 4.54. The Labute approximate surface area is 64.9 Å². The predicted molar refractivity (Wildman–Crippen MR) is 36.8 cm³/mol. The lowest BCUT2D eigenvalue weighted by molar-refractivity contribution is -0.144. The van der Waals surface area contributed by atoms with Crippen molar-refractivity contribution in [3.63, 3.8) is 0 Å². The highest BCUT2D eigenvalue weighted by atomic mass is 16.6. The van der Waals surface area contributed by atoms with Crippen LogP contribution in [0.15, 0.2) is 0 Å². The second-order valence-corrected chi connectivity index (χ2v) is 1.93. The molecule has 0 saturated heterocycles. The van der Waals surface area contributed by atoms with Gasteiger partial charge in [0, 0.05) is 14.0 Å². The number of hydrogen-bond acceptors (Lipinski definition) is 4. The van der Waals surface area contributed by atoms with E-state index in [1.54, 1.807) is 0 Å². The minimum Gasteiger partial charge on any atom is -0.453 e. The van der Waals surface area contributed by atoms with E-state index < -0.39 is 12.1 Å². The summed E-state index contributed by atoms with van der Waals surface area (Å²) in [5, 5.41) is 0. The molecule has 0 aromatic rings. The monoisotopic (exact) mass is 161 g/mol. The van der Waals surface area contributed by atoms with Crippen LogP contribution in [-0.2, 0) is 14.3 Å². The minimum absolute atomic E-state index is 0.0813. The standard InChI is InChI=1S/C6H11NO4/c1-5(8)11-4-7(2)6(9)10-3/h4H2,1-3H3. The van der Waals surface area contributed by atoms with Crippen molar-refractivity contribution in [1.82, 2.24) is 4.90 Å². The van der Waals surface area contributed by atoms with E-state index in [4.69, 9.17) is 0 Å². The van der Waals surface area contributed by atoms with Crippen LogP contribution < -0.4 is 0 Å². The SMILES string of the molecule is COC(=O)N(C)COC(C)=O. The lowest BCUT2D eigenvalue weighted by Gasteiger charge is -2.13. The Kier molecular flexibility index (Phi) is 4.02. The summed E-state index contributed by atoms with van der Waals surface area (Å²) in [7, 11) is 2.72. The van der Waals surface area contributed by atoms with Gasteiger partial charge in [0.2, 0.25) is 0 Å². The molecule has 0 unspecified atom stereocenters. The first-order valence-electron chi connectivity index (χ1n) is 3.00. The molecule has 1 amide bonds. The zero-order valence-electron chi connectivity index (χ0n) is 6.79. The van der Waals surface area contributed by atoms with Crippen molar-refractivity contribution in [3.05, 3.63) is 0 Å². The van der Waals surface area contributed by atoms with Crippen LogP contribution in [-0.4, -0.2) is 37.9 Å². The Morgan fingerprint density at radius 2 is 2.00 bits per heavy atom. The highest BCUT2D eigenvalue weighted by Crippen LogP contribution is 1.88. The third-order valence-electron chi connectivity index (χ3n) is 0.948. The molecule has 0 N–H and O–H groups in total. The van der Waals surface area contributed by atoms with Crippen molar-refractivity contribution in [1.29, 1.82) is 0 Å². The first kappa shape index (κ1) is 9.74. The maximum absolute atomic E-state index is 10.6. The summed E-state index contributed by atoms with van der Waals surface area (Å²) in [4.78, 5) is 22.0. The summed E-state index contributed by atoms with van der Waals surface area (Å²) in [5.41, 5.74) is 0. The summed E-state index contributed by atoms with van der Waals surface area (Å²) in [6.45, 7) is 1.19. The number of rotatable bonds is 2. The Morgan fingerprint density at radius 3 is 2.36 bits per heavy atom. The Balaban J connectivity index is 3.60. The molecule has 5 heteroatoms.